The van der Waals surface area contributed by atoms with E-state index in [1.54, 1.807) is 13.2 Å². The molecule has 0 aliphatic heterocycles. The fourth-order valence-electron chi connectivity index (χ4n) is 2.78. The minimum atomic E-state index is -0.113. The summed E-state index contributed by atoms with van der Waals surface area (Å²) < 4.78 is 19.2. The molecule has 0 bridgehead atoms. The molecule has 1 saturated carbocycles. The average Bonchev–Trinajstić information content (AvgIpc) is 2.85. The largest absolute Gasteiger partial charge is 0.381 e. The minimum absolute atomic E-state index is 0.104. The maximum Gasteiger partial charge on any atom is 0.127 e. The van der Waals surface area contributed by atoms with Crippen LogP contribution in [-0.4, -0.2) is 19.3 Å². The summed E-state index contributed by atoms with van der Waals surface area (Å²) in [5.74, 6) is -0.113. The van der Waals surface area contributed by atoms with E-state index < -0.39 is 0 Å². The summed E-state index contributed by atoms with van der Waals surface area (Å²) in [6, 6.07) is 7.59. The van der Waals surface area contributed by atoms with E-state index in [-0.39, 0.29) is 11.9 Å². The first-order valence-electron chi connectivity index (χ1n) is 6.77. The third-order valence-corrected chi connectivity index (χ3v) is 3.84. The molecule has 3 heteroatoms. The van der Waals surface area contributed by atoms with Gasteiger partial charge in [0.1, 0.15) is 5.82 Å². The molecule has 2 rings (SSSR count). The Kier molecular flexibility index (Phi) is 4.72. The van der Waals surface area contributed by atoms with Crippen molar-refractivity contribution in [3.05, 3.63) is 35.6 Å². The highest BCUT2D eigenvalue weighted by Gasteiger charge is 2.26. The van der Waals surface area contributed by atoms with Crippen molar-refractivity contribution in [3.8, 4) is 0 Å². The molecule has 18 heavy (non-hydrogen) atoms. The highest BCUT2D eigenvalue weighted by molar-refractivity contribution is 5.21. The van der Waals surface area contributed by atoms with Crippen LogP contribution in [0.15, 0.2) is 24.3 Å². The van der Waals surface area contributed by atoms with Crippen LogP contribution >= 0.6 is 0 Å². The van der Waals surface area contributed by atoms with E-state index in [0.717, 1.165) is 31.2 Å². The van der Waals surface area contributed by atoms with Crippen LogP contribution in [0.2, 0.25) is 0 Å². The van der Waals surface area contributed by atoms with Crippen LogP contribution in [0.4, 0.5) is 4.39 Å². The summed E-state index contributed by atoms with van der Waals surface area (Å²) in [6.45, 7) is 2.09. The number of methoxy groups -OCH3 is 1. The van der Waals surface area contributed by atoms with Gasteiger partial charge in [-0.25, -0.2) is 4.39 Å². The number of halogens is 1. The number of benzene rings is 1. The topological polar surface area (TPSA) is 21.3 Å². The molecule has 100 valence electrons. The van der Waals surface area contributed by atoms with Gasteiger partial charge < -0.3 is 10.1 Å². The van der Waals surface area contributed by atoms with Gasteiger partial charge in [0.25, 0.3) is 0 Å². The number of hydrogen-bond acceptors (Lipinski definition) is 2. The maximum atomic E-state index is 13.8. The SMILES string of the molecule is CCC(NC1CCC(OC)C1)c1ccccc1F. The smallest absolute Gasteiger partial charge is 0.127 e. The van der Waals surface area contributed by atoms with E-state index in [0.29, 0.717) is 12.1 Å². The van der Waals surface area contributed by atoms with Gasteiger partial charge in [-0.2, -0.15) is 0 Å². The molecule has 1 aromatic rings. The summed E-state index contributed by atoms with van der Waals surface area (Å²) in [6.07, 6.45) is 4.50. The molecule has 1 aliphatic carbocycles. The van der Waals surface area contributed by atoms with Crippen LogP contribution in [0, 0.1) is 5.82 Å². The minimum Gasteiger partial charge on any atom is -0.381 e. The number of rotatable bonds is 5. The Bertz CT molecular complexity index is 383. The average molecular weight is 251 g/mol. The highest BCUT2D eigenvalue weighted by atomic mass is 19.1. The number of nitrogens with one attached hydrogen (secondary N) is 1. The Morgan fingerprint density at radius 3 is 2.78 bits per heavy atom. The Morgan fingerprint density at radius 2 is 2.17 bits per heavy atom. The van der Waals surface area contributed by atoms with Crippen molar-refractivity contribution in [2.75, 3.05) is 7.11 Å². The molecule has 1 fully saturated rings. The van der Waals surface area contributed by atoms with Crippen LogP contribution in [0.3, 0.4) is 0 Å². The lowest BCUT2D eigenvalue weighted by Gasteiger charge is -2.22. The van der Waals surface area contributed by atoms with Crippen molar-refractivity contribution < 1.29 is 9.13 Å². The second-order valence-electron chi connectivity index (χ2n) is 5.02. The van der Waals surface area contributed by atoms with Crippen LogP contribution in [0.5, 0.6) is 0 Å². The summed E-state index contributed by atoms with van der Waals surface area (Å²) in [7, 11) is 1.77. The van der Waals surface area contributed by atoms with Gasteiger partial charge in [0.2, 0.25) is 0 Å². The molecule has 0 heterocycles. The number of ether oxygens (including phenoxy) is 1. The molecule has 0 spiro atoms. The van der Waals surface area contributed by atoms with Crippen LogP contribution in [0.25, 0.3) is 0 Å². The molecule has 1 aliphatic rings. The van der Waals surface area contributed by atoms with E-state index in [4.69, 9.17) is 4.74 Å². The highest BCUT2D eigenvalue weighted by Crippen LogP contribution is 2.26. The molecule has 1 aromatic carbocycles. The fourth-order valence-corrected chi connectivity index (χ4v) is 2.78. The summed E-state index contributed by atoms with van der Waals surface area (Å²) in [4.78, 5) is 0. The molecule has 2 nitrogen and oxygen atoms in total. The van der Waals surface area contributed by atoms with Crippen molar-refractivity contribution >= 4 is 0 Å². The summed E-state index contributed by atoms with van der Waals surface area (Å²) in [5.41, 5.74) is 0.779. The van der Waals surface area contributed by atoms with E-state index in [2.05, 4.69) is 12.2 Å². The molecule has 1 N–H and O–H groups in total. The van der Waals surface area contributed by atoms with Gasteiger partial charge in [0.15, 0.2) is 0 Å². The third kappa shape index (κ3) is 3.09. The Balaban J connectivity index is 2.00. The lowest BCUT2D eigenvalue weighted by molar-refractivity contribution is 0.106. The second-order valence-corrected chi connectivity index (χ2v) is 5.02. The van der Waals surface area contributed by atoms with E-state index in [1.807, 2.05) is 12.1 Å². The monoisotopic (exact) mass is 251 g/mol. The second kappa shape index (κ2) is 6.30. The van der Waals surface area contributed by atoms with Crippen molar-refractivity contribution in [3.63, 3.8) is 0 Å². The lowest BCUT2D eigenvalue weighted by Crippen LogP contribution is -2.31. The molecule has 0 radical (unpaired) electrons. The van der Waals surface area contributed by atoms with Crippen molar-refractivity contribution in [1.82, 2.24) is 5.32 Å². The Morgan fingerprint density at radius 1 is 1.39 bits per heavy atom. The summed E-state index contributed by atoms with van der Waals surface area (Å²) >= 11 is 0. The zero-order chi connectivity index (χ0) is 13.0. The molecule has 3 unspecified atom stereocenters. The van der Waals surface area contributed by atoms with Gasteiger partial charge >= 0.3 is 0 Å². The van der Waals surface area contributed by atoms with Crippen molar-refractivity contribution in [2.24, 2.45) is 0 Å². The molecular weight excluding hydrogens is 229 g/mol. The first-order valence-corrected chi connectivity index (χ1v) is 6.77. The van der Waals surface area contributed by atoms with Crippen LogP contribution in [0.1, 0.15) is 44.2 Å². The van der Waals surface area contributed by atoms with Gasteiger partial charge in [-0.15, -0.1) is 0 Å². The van der Waals surface area contributed by atoms with Crippen molar-refractivity contribution in [2.45, 2.75) is 50.8 Å². The van der Waals surface area contributed by atoms with Gasteiger partial charge in [0.05, 0.1) is 6.10 Å². The molecule has 3 atom stereocenters. The van der Waals surface area contributed by atoms with Gasteiger partial charge in [-0.1, -0.05) is 25.1 Å². The number of hydrogen-bond donors (Lipinski definition) is 1. The zero-order valence-corrected chi connectivity index (χ0v) is 11.2. The first kappa shape index (κ1) is 13.5. The van der Waals surface area contributed by atoms with Gasteiger partial charge in [-0.05, 0) is 31.7 Å². The van der Waals surface area contributed by atoms with Crippen molar-refractivity contribution in [1.29, 1.82) is 0 Å². The standard InChI is InChI=1S/C15H22FNO/c1-3-15(13-6-4-5-7-14(13)16)17-11-8-9-12(10-11)18-2/h4-7,11-12,15,17H,3,8-10H2,1-2H3. The Labute approximate surface area is 109 Å². The molecule has 0 amide bonds. The normalized spacial score (nSPS) is 25.3. The maximum absolute atomic E-state index is 13.8. The quantitative estimate of drug-likeness (QED) is 0.865. The van der Waals surface area contributed by atoms with E-state index in [1.165, 1.54) is 6.07 Å². The molecule has 0 saturated heterocycles. The van der Waals surface area contributed by atoms with Gasteiger partial charge in [-0.3, -0.25) is 0 Å². The zero-order valence-electron chi connectivity index (χ0n) is 11.2. The predicted molar refractivity (Wildman–Crippen MR) is 71.0 cm³/mol. The van der Waals surface area contributed by atoms with E-state index >= 15 is 0 Å². The van der Waals surface area contributed by atoms with Crippen LogP contribution in [-0.2, 0) is 4.74 Å². The molecule has 0 aromatic heterocycles. The van der Waals surface area contributed by atoms with E-state index in [9.17, 15) is 4.39 Å². The Hall–Kier alpha value is -0.930. The fraction of sp³-hybridized carbons (Fsp3) is 0.600. The first-order chi connectivity index (χ1) is 8.74. The molecular formula is C15H22FNO. The summed E-state index contributed by atoms with van der Waals surface area (Å²) in [5, 5.41) is 3.57. The van der Waals surface area contributed by atoms with Gasteiger partial charge in [0, 0.05) is 24.8 Å². The predicted octanol–water partition coefficient (Wildman–Crippen LogP) is 3.43. The lowest BCUT2D eigenvalue weighted by atomic mass is 10.0. The van der Waals surface area contributed by atoms with Crippen LogP contribution < -0.4 is 5.32 Å². The third-order valence-electron chi connectivity index (χ3n) is 3.84.